The number of amides is 1. The van der Waals surface area contributed by atoms with E-state index in [1.54, 1.807) is 0 Å². The molecule has 13 heavy (non-hydrogen) atoms. The first kappa shape index (κ1) is 7.09. The zero-order valence-corrected chi connectivity index (χ0v) is 7.08. The van der Waals surface area contributed by atoms with E-state index < -0.39 is 5.54 Å². The molecule has 66 valence electrons. The second-order valence-electron chi connectivity index (χ2n) is 3.84. The van der Waals surface area contributed by atoms with E-state index in [0.29, 0.717) is 0 Å². The quantitative estimate of drug-likeness (QED) is 0.612. The predicted molar refractivity (Wildman–Crippen MR) is 49.3 cm³/mol. The summed E-state index contributed by atoms with van der Waals surface area (Å²) >= 11 is 0. The van der Waals surface area contributed by atoms with Crippen molar-refractivity contribution in [2.45, 2.75) is 17.9 Å². The van der Waals surface area contributed by atoms with Crippen LogP contribution in [0.25, 0.3) is 0 Å². The molecule has 0 spiro atoms. The first-order chi connectivity index (χ1) is 6.22. The molecule has 1 aliphatic heterocycles. The number of carbonyl (C=O) groups is 1. The number of carbonyl (C=O) groups excluding carboxylic acids is 1. The van der Waals surface area contributed by atoms with Gasteiger partial charge >= 0.3 is 0 Å². The average Bonchev–Trinajstić information content (AvgIpc) is 2.80. The molecule has 2 atom stereocenters. The van der Waals surface area contributed by atoms with Gasteiger partial charge in [0.15, 0.2) is 0 Å². The number of nitrogens with one attached hydrogen (secondary N) is 1. The first-order valence-electron chi connectivity index (χ1n) is 4.41. The summed E-state index contributed by atoms with van der Waals surface area (Å²) in [5.41, 5.74) is 7.41. The highest BCUT2D eigenvalue weighted by atomic mass is 16.2. The Balaban J connectivity index is 2.17. The number of fused-ring (bicyclic) bond motifs is 3. The topological polar surface area (TPSA) is 55.1 Å². The molecule has 1 fully saturated rings. The van der Waals surface area contributed by atoms with Crippen LogP contribution in [0, 0.1) is 0 Å². The van der Waals surface area contributed by atoms with Gasteiger partial charge in [-0.25, -0.2) is 0 Å². The molecular formula is C10H10N2O. The summed E-state index contributed by atoms with van der Waals surface area (Å²) in [5, 5.41) is 2.83. The van der Waals surface area contributed by atoms with Gasteiger partial charge in [0, 0.05) is 11.6 Å². The number of hydrogen-bond donors (Lipinski definition) is 2. The standard InChI is InChI=1S/C10H10N2O/c11-10-5-7(10)6-3-1-2-4-8(6)12-9(10)13/h1-4,7H,5,11H2,(H,12,13). The van der Waals surface area contributed by atoms with Crippen LogP contribution in [0.15, 0.2) is 24.3 Å². The highest BCUT2D eigenvalue weighted by molar-refractivity contribution is 6.05. The van der Waals surface area contributed by atoms with Crippen molar-refractivity contribution in [3.63, 3.8) is 0 Å². The maximum atomic E-state index is 11.5. The molecule has 1 amide bonds. The maximum absolute atomic E-state index is 11.5. The lowest BCUT2D eigenvalue weighted by Crippen LogP contribution is -2.42. The SMILES string of the molecule is NC12CC1c1ccccc1NC2=O. The van der Waals surface area contributed by atoms with Gasteiger partial charge in [-0.1, -0.05) is 18.2 Å². The Hall–Kier alpha value is -1.35. The fourth-order valence-electron chi connectivity index (χ4n) is 2.07. The van der Waals surface area contributed by atoms with E-state index in [1.165, 1.54) is 5.56 Å². The monoisotopic (exact) mass is 174 g/mol. The fraction of sp³-hybridized carbons (Fsp3) is 0.300. The van der Waals surface area contributed by atoms with Gasteiger partial charge in [-0.2, -0.15) is 0 Å². The molecule has 1 heterocycles. The molecule has 0 bridgehead atoms. The largest absolute Gasteiger partial charge is 0.324 e. The van der Waals surface area contributed by atoms with Crippen LogP contribution in [0.1, 0.15) is 17.9 Å². The Kier molecular flexibility index (Phi) is 1.05. The highest BCUT2D eigenvalue weighted by Crippen LogP contribution is 2.54. The van der Waals surface area contributed by atoms with Crippen LogP contribution in [0.3, 0.4) is 0 Å². The summed E-state index contributed by atoms with van der Waals surface area (Å²) in [4.78, 5) is 11.5. The van der Waals surface area contributed by atoms with Gasteiger partial charge in [0.05, 0.1) is 0 Å². The van der Waals surface area contributed by atoms with E-state index in [4.69, 9.17) is 5.73 Å². The van der Waals surface area contributed by atoms with Crippen molar-refractivity contribution in [3.05, 3.63) is 29.8 Å². The van der Waals surface area contributed by atoms with Gasteiger partial charge in [0.1, 0.15) is 5.54 Å². The fourth-order valence-corrected chi connectivity index (χ4v) is 2.07. The number of anilines is 1. The molecule has 3 N–H and O–H groups in total. The van der Waals surface area contributed by atoms with Gasteiger partial charge in [-0.3, -0.25) is 4.79 Å². The minimum Gasteiger partial charge on any atom is -0.324 e. The molecule has 1 saturated carbocycles. The van der Waals surface area contributed by atoms with E-state index in [9.17, 15) is 4.79 Å². The van der Waals surface area contributed by atoms with Crippen molar-refractivity contribution in [1.29, 1.82) is 0 Å². The third-order valence-electron chi connectivity index (χ3n) is 3.01. The number of hydrogen-bond acceptors (Lipinski definition) is 2. The van der Waals surface area contributed by atoms with E-state index in [-0.39, 0.29) is 11.8 Å². The van der Waals surface area contributed by atoms with Gasteiger partial charge in [0.2, 0.25) is 5.91 Å². The Labute approximate surface area is 75.9 Å². The molecule has 2 unspecified atom stereocenters. The van der Waals surface area contributed by atoms with Crippen LogP contribution in [-0.4, -0.2) is 11.4 Å². The van der Waals surface area contributed by atoms with Crippen molar-refractivity contribution in [3.8, 4) is 0 Å². The number of nitrogens with two attached hydrogens (primary N) is 1. The second kappa shape index (κ2) is 1.93. The zero-order valence-electron chi connectivity index (χ0n) is 7.08. The van der Waals surface area contributed by atoms with Gasteiger partial charge in [-0.15, -0.1) is 0 Å². The average molecular weight is 174 g/mol. The van der Waals surface area contributed by atoms with Crippen molar-refractivity contribution in [2.24, 2.45) is 5.73 Å². The molecule has 3 heteroatoms. The summed E-state index contributed by atoms with van der Waals surface area (Å²) in [6.45, 7) is 0. The lowest BCUT2D eigenvalue weighted by atomic mass is 10.00. The van der Waals surface area contributed by atoms with Crippen LogP contribution >= 0.6 is 0 Å². The predicted octanol–water partition coefficient (Wildman–Crippen LogP) is 0.823. The molecular weight excluding hydrogens is 164 g/mol. The summed E-state index contributed by atoms with van der Waals surface area (Å²) < 4.78 is 0. The number of benzene rings is 1. The van der Waals surface area contributed by atoms with E-state index in [0.717, 1.165) is 12.1 Å². The molecule has 1 aromatic carbocycles. The van der Waals surface area contributed by atoms with Crippen LogP contribution in [0.2, 0.25) is 0 Å². The highest BCUT2D eigenvalue weighted by Gasteiger charge is 2.60. The maximum Gasteiger partial charge on any atom is 0.245 e. The Morgan fingerprint density at radius 1 is 1.46 bits per heavy atom. The second-order valence-corrected chi connectivity index (χ2v) is 3.84. The molecule has 2 aliphatic rings. The van der Waals surface area contributed by atoms with Crippen LogP contribution < -0.4 is 11.1 Å². The number of rotatable bonds is 0. The normalized spacial score (nSPS) is 34.5. The molecule has 1 aliphatic carbocycles. The molecule has 0 saturated heterocycles. The third kappa shape index (κ3) is 0.748. The molecule has 1 aromatic rings. The lowest BCUT2D eigenvalue weighted by Gasteiger charge is -2.20. The van der Waals surface area contributed by atoms with Crippen molar-refractivity contribution >= 4 is 11.6 Å². The van der Waals surface area contributed by atoms with E-state index in [1.807, 2.05) is 24.3 Å². The molecule has 0 radical (unpaired) electrons. The Bertz CT molecular complexity index is 402. The van der Waals surface area contributed by atoms with E-state index in [2.05, 4.69) is 5.32 Å². The summed E-state index contributed by atoms with van der Waals surface area (Å²) in [6.07, 6.45) is 0.788. The summed E-state index contributed by atoms with van der Waals surface area (Å²) in [6, 6.07) is 7.86. The van der Waals surface area contributed by atoms with Crippen molar-refractivity contribution in [1.82, 2.24) is 0 Å². The Morgan fingerprint density at radius 2 is 2.23 bits per heavy atom. The van der Waals surface area contributed by atoms with Gasteiger partial charge < -0.3 is 11.1 Å². The first-order valence-corrected chi connectivity index (χ1v) is 4.41. The minimum atomic E-state index is -0.603. The van der Waals surface area contributed by atoms with Crippen LogP contribution in [0.4, 0.5) is 5.69 Å². The smallest absolute Gasteiger partial charge is 0.245 e. The van der Waals surface area contributed by atoms with Crippen LogP contribution in [-0.2, 0) is 4.79 Å². The summed E-state index contributed by atoms with van der Waals surface area (Å²) in [5.74, 6) is 0.216. The van der Waals surface area contributed by atoms with Crippen molar-refractivity contribution in [2.75, 3.05) is 5.32 Å². The lowest BCUT2D eigenvalue weighted by molar-refractivity contribution is -0.118. The molecule has 3 nitrogen and oxygen atoms in total. The molecule has 3 rings (SSSR count). The van der Waals surface area contributed by atoms with Crippen LogP contribution in [0.5, 0.6) is 0 Å². The van der Waals surface area contributed by atoms with Crippen molar-refractivity contribution < 1.29 is 4.79 Å². The van der Waals surface area contributed by atoms with Gasteiger partial charge in [0.25, 0.3) is 0 Å². The minimum absolute atomic E-state index is 0.0313. The zero-order chi connectivity index (χ0) is 9.05. The number of para-hydroxylation sites is 1. The third-order valence-corrected chi connectivity index (χ3v) is 3.01. The molecule has 0 aromatic heterocycles. The Morgan fingerprint density at radius 3 is 3.08 bits per heavy atom. The summed E-state index contributed by atoms with van der Waals surface area (Å²) in [7, 11) is 0. The van der Waals surface area contributed by atoms with Gasteiger partial charge in [-0.05, 0) is 18.1 Å². The van der Waals surface area contributed by atoms with E-state index >= 15 is 0 Å².